The molecule has 1 N–H and O–H groups in total. The van der Waals surface area contributed by atoms with E-state index in [4.69, 9.17) is 9.47 Å². The SMILES string of the molecule is COc1ccc(N2C(=O)NC(=O)C(=Cc3cc(I)c(OC)c(I)c3)C2=O)cc1. The van der Waals surface area contributed by atoms with Crippen molar-refractivity contribution in [3.05, 3.63) is 54.7 Å². The number of rotatable bonds is 4. The lowest BCUT2D eigenvalue weighted by Gasteiger charge is -2.26. The fourth-order valence-electron chi connectivity index (χ4n) is 2.65. The number of imide groups is 2. The molecule has 1 saturated heterocycles. The van der Waals surface area contributed by atoms with Gasteiger partial charge in [0, 0.05) is 0 Å². The summed E-state index contributed by atoms with van der Waals surface area (Å²) in [6.07, 6.45) is 1.46. The maximum atomic E-state index is 12.9. The molecule has 0 saturated carbocycles. The van der Waals surface area contributed by atoms with Crippen molar-refractivity contribution >= 4 is 74.8 Å². The molecular formula is C19H14I2N2O5. The molecule has 4 amide bonds. The van der Waals surface area contributed by atoms with Crippen molar-refractivity contribution in [2.45, 2.75) is 0 Å². The number of nitrogens with zero attached hydrogens (tertiary/aromatic N) is 1. The van der Waals surface area contributed by atoms with Crippen LogP contribution in [0.1, 0.15) is 5.56 Å². The highest BCUT2D eigenvalue weighted by Crippen LogP contribution is 2.30. The summed E-state index contributed by atoms with van der Waals surface area (Å²) < 4.78 is 12.1. The standard InChI is InChI=1S/C19H14I2N2O5/c1-27-12-5-3-11(4-6-12)23-18(25)13(17(24)22-19(23)26)7-10-8-14(20)16(28-2)15(21)9-10/h3-9H,1-2H3,(H,22,24,26). The quantitative estimate of drug-likeness (QED) is 0.328. The predicted molar refractivity (Wildman–Crippen MR) is 120 cm³/mol. The molecule has 0 spiro atoms. The van der Waals surface area contributed by atoms with Gasteiger partial charge >= 0.3 is 6.03 Å². The Labute approximate surface area is 188 Å². The molecule has 2 aromatic rings. The van der Waals surface area contributed by atoms with Crippen molar-refractivity contribution < 1.29 is 23.9 Å². The van der Waals surface area contributed by atoms with Gasteiger partial charge in [0.25, 0.3) is 11.8 Å². The summed E-state index contributed by atoms with van der Waals surface area (Å²) in [5, 5.41) is 2.21. The summed E-state index contributed by atoms with van der Waals surface area (Å²) in [4.78, 5) is 38.4. The minimum absolute atomic E-state index is 0.132. The van der Waals surface area contributed by atoms with Crippen LogP contribution < -0.4 is 19.7 Å². The van der Waals surface area contributed by atoms with E-state index in [-0.39, 0.29) is 5.57 Å². The molecule has 0 atom stereocenters. The molecule has 0 aliphatic carbocycles. The molecule has 7 nitrogen and oxygen atoms in total. The first kappa shape index (κ1) is 20.6. The molecule has 0 unspecified atom stereocenters. The third kappa shape index (κ3) is 3.99. The zero-order valence-electron chi connectivity index (χ0n) is 14.8. The lowest BCUT2D eigenvalue weighted by atomic mass is 10.1. The Morgan fingerprint density at radius 1 is 0.964 bits per heavy atom. The smallest absolute Gasteiger partial charge is 0.335 e. The van der Waals surface area contributed by atoms with Crippen molar-refractivity contribution in [1.29, 1.82) is 0 Å². The van der Waals surface area contributed by atoms with E-state index in [0.717, 1.165) is 17.8 Å². The number of urea groups is 1. The third-order valence-corrected chi connectivity index (χ3v) is 5.57. The average Bonchev–Trinajstić information content (AvgIpc) is 2.65. The predicted octanol–water partition coefficient (Wildman–Crippen LogP) is 3.58. The number of anilines is 1. The first-order chi connectivity index (χ1) is 13.3. The normalized spacial score (nSPS) is 15.6. The van der Waals surface area contributed by atoms with Gasteiger partial charge in [-0.1, -0.05) is 0 Å². The molecule has 1 aliphatic heterocycles. The number of nitrogens with one attached hydrogen (secondary N) is 1. The van der Waals surface area contributed by atoms with Gasteiger partial charge in [0.1, 0.15) is 17.1 Å². The molecule has 0 bridgehead atoms. The van der Waals surface area contributed by atoms with Gasteiger partial charge in [0.2, 0.25) is 0 Å². The summed E-state index contributed by atoms with van der Waals surface area (Å²) >= 11 is 4.24. The van der Waals surface area contributed by atoms with Crippen LogP contribution in [0.5, 0.6) is 11.5 Å². The van der Waals surface area contributed by atoms with Gasteiger partial charge in [-0.25, -0.2) is 9.69 Å². The van der Waals surface area contributed by atoms with Crippen LogP contribution in [-0.2, 0) is 9.59 Å². The number of hydrogen-bond donors (Lipinski definition) is 1. The van der Waals surface area contributed by atoms with Gasteiger partial charge in [-0.15, -0.1) is 0 Å². The van der Waals surface area contributed by atoms with Crippen molar-refractivity contribution in [1.82, 2.24) is 5.32 Å². The second-order valence-electron chi connectivity index (χ2n) is 5.67. The van der Waals surface area contributed by atoms with Gasteiger partial charge in [0.15, 0.2) is 0 Å². The average molecular weight is 604 g/mol. The second kappa shape index (κ2) is 8.47. The summed E-state index contributed by atoms with van der Waals surface area (Å²) in [6.45, 7) is 0. The largest absolute Gasteiger partial charge is 0.497 e. The molecule has 0 aromatic heterocycles. The van der Waals surface area contributed by atoms with E-state index in [1.165, 1.54) is 13.2 Å². The Morgan fingerprint density at radius 3 is 2.11 bits per heavy atom. The van der Waals surface area contributed by atoms with Crippen LogP contribution in [0.15, 0.2) is 42.0 Å². The van der Waals surface area contributed by atoms with Crippen molar-refractivity contribution in [2.24, 2.45) is 0 Å². The number of amides is 4. The van der Waals surface area contributed by atoms with Crippen LogP contribution in [-0.4, -0.2) is 32.1 Å². The van der Waals surface area contributed by atoms with E-state index >= 15 is 0 Å². The Hall–Kier alpha value is -2.15. The minimum atomic E-state index is -0.795. The summed E-state index contributed by atoms with van der Waals surface area (Å²) in [7, 11) is 3.10. The number of barbiturate groups is 1. The Balaban J connectivity index is 2.01. The number of methoxy groups -OCH3 is 2. The monoisotopic (exact) mass is 604 g/mol. The number of hydrogen-bond acceptors (Lipinski definition) is 5. The topological polar surface area (TPSA) is 84.9 Å². The highest BCUT2D eigenvalue weighted by atomic mass is 127. The van der Waals surface area contributed by atoms with Gasteiger partial charge in [-0.2, -0.15) is 0 Å². The van der Waals surface area contributed by atoms with E-state index in [9.17, 15) is 14.4 Å². The highest BCUT2D eigenvalue weighted by Gasteiger charge is 2.36. The first-order valence-electron chi connectivity index (χ1n) is 7.94. The molecule has 9 heteroatoms. The Morgan fingerprint density at radius 2 is 1.57 bits per heavy atom. The molecule has 1 heterocycles. The Bertz CT molecular complexity index is 979. The van der Waals surface area contributed by atoms with Crippen molar-refractivity contribution in [3.63, 3.8) is 0 Å². The van der Waals surface area contributed by atoms with Crippen LogP contribution >= 0.6 is 45.2 Å². The second-order valence-corrected chi connectivity index (χ2v) is 8.00. The maximum absolute atomic E-state index is 12.9. The number of carbonyl (C=O) groups excluding carboxylic acids is 3. The van der Waals surface area contributed by atoms with Crippen LogP contribution in [0.4, 0.5) is 10.5 Å². The van der Waals surface area contributed by atoms with Gasteiger partial charge in [-0.05, 0) is 93.2 Å². The molecule has 2 aromatic carbocycles. The third-order valence-electron chi connectivity index (χ3n) is 3.97. The van der Waals surface area contributed by atoms with Crippen molar-refractivity contribution in [2.75, 3.05) is 19.1 Å². The lowest BCUT2D eigenvalue weighted by Crippen LogP contribution is -2.54. The van der Waals surface area contributed by atoms with E-state index in [2.05, 4.69) is 50.5 Å². The van der Waals surface area contributed by atoms with Crippen LogP contribution in [0.2, 0.25) is 0 Å². The summed E-state index contributed by atoms with van der Waals surface area (Å²) in [5.74, 6) is -0.124. The Kier molecular flexibility index (Phi) is 6.23. The molecule has 144 valence electrons. The van der Waals surface area contributed by atoms with Crippen LogP contribution in [0.25, 0.3) is 6.08 Å². The molecule has 3 rings (SSSR count). The zero-order valence-corrected chi connectivity index (χ0v) is 19.1. The van der Waals surface area contributed by atoms with Crippen molar-refractivity contribution in [3.8, 4) is 11.5 Å². The van der Waals surface area contributed by atoms with E-state index in [1.54, 1.807) is 43.5 Å². The molecule has 28 heavy (non-hydrogen) atoms. The lowest BCUT2D eigenvalue weighted by molar-refractivity contribution is -0.122. The van der Waals surface area contributed by atoms with E-state index in [0.29, 0.717) is 17.0 Å². The minimum Gasteiger partial charge on any atom is -0.497 e. The fraction of sp³-hybridized carbons (Fsp3) is 0.105. The molecule has 0 radical (unpaired) electrons. The fourth-order valence-corrected chi connectivity index (χ4v) is 4.90. The number of ether oxygens (including phenoxy) is 2. The number of benzene rings is 2. The first-order valence-corrected chi connectivity index (χ1v) is 10.1. The summed E-state index contributed by atoms with van der Waals surface area (Å²) in [5.41, 5.74) is 0.852. The molecular weight excluding hydrogens is 590 g/mol. The highest BCUT2D eigenvalue weighted by molar-refractivity contribution is 14.1. The molecule has 1 fully saturated rings. The van der Waals surface area contributed by atoms with Gasteiger partial charge in [0.05, 0.1) is 27.0 Å². The summed E-state index contributed by atoms with van der Waals surface area (Å²) in [6, 6.07) is 9.20. The zero-order chi connectivity index (χ0) is 20.4. The van der Waals surface area contributed by atoms with E-state index < -0.39 is 17.8 Å². The number of carbonyl (C=O) groups is 3. The van der Waals surface area contributed by atoms with Gasteiger partial charge in [-0.3, -0.25) is 14.9 Å². The van der Waals surface area contributed by atoms with E-state index in [1.807, 2.05) is 0 Å². The van der Waals surface area contributed by atoms with Gasteiger partial charge < -0.3 is 9.47 Å². The van der Waals surface area contributed by atoms with Crippen LogP contribution in [0, 0.1) is 7.14 Å². The maximum Gasteiger partial charge on any atom is 0.335 e. The number of halogens is 2. The van der Waals surface area contributed by atoms with Crippen LogP contribution in [0.3, 0.4) is 0 Å². The molecule has 1 aliphatic rings.